The van der Waals surface area contributed by atoms with E-state index in [4.69, 9.17) is 23.2 Å². The number of nitrogens with one attached hydrogen (secondary N) is 2. The molecule has 1 aromatic carbocycles. The number of aryl methyl sites for hydroxylation is 1. The largest absolute Gasteiger partial charge is 0.416 e. The van der Waals surface area contributed by atoms with Gasteiger partial charge in [-0.2, -0.15) is 18.3 Å². The minimum atomic E-state index is -4.50. The van der Waals surface area contributed by atoms with Gasteiger partial charge < -0.3 is 5.32 Å². The minimum Gasteiger partial charge on any atom is -0.331 e. The molecule has 3 aromatic rings. The van der Waals surface area contributed by atoms with Crippen molar-refractivity contribution in [2.75, 3.05) is 6.54 Å². The standard InChI is InChI=1S/C21H16Cl2F4N4O3S2/c22-15-8-17(35-19(15)23)36(33,34)30-20(32)28-10-16(24)14-3-1-2-11-9-29-31(18(11)14)13-6-4-12(5-7-13)21(25,26)27/h4-9H,1-3,10H2,(H2,28,30,32)/b16-14-. The molecule has 1 aliphatic rings. The highest BCUT2D eigenvalue weighted by Crippen LogP contribution is 2.36. The number of amides is 2. The maximum atomic E-state index is 15.2. The topological polar surface area (TPSA) is 93.1 Å². The van der Waals surface area contributed by atoms with E-state index in [2.05, 4.69) is 10.4 Å². The molecular formula is C21H16Cl2F4N4O3S2. The first-order valence-electron chi connectivity index (χ1n) is 10.2. The number of aromatic nitrogens is 2. The highest BCUT2D eigenvalue weighted by molar-refractivity contribution is 7.92. The fraction of sp³-hybridized carbons (Fsp3) is 0.238. The van der Waals surface area contributed by atoms with Gasteiger partial charge in [0.05, 0.1) is 34.7 Å². The molecule has 2 N–H and O–H groups in total. The molecule has 0 saturated carbocycles. The highest BCUT2D eigenvalue weighted by atomic mass is 35.5. The number of hydrogen-bond acceptors (Lipinski definition) is 5. The average Bonchev–Trinajstić information content (AvgIpc) is 3.40. The van der Waals surface area contributed by atoms with Crippen LogP contribution in [-0.4, -0.2) is 30.8 Å². The number of carbonyl (C=O) groups excluding carboxylic acids is 1. The molecule has 192 valence electrons. The second-order valence-electron chi connectivity index (χ2n) is 7.69. The van der Waals surface area contributed by atoms with Gasteiger partial charge in [0.1, 0.15) is 14.4 Å². The van der Waals surface area contributed by atoms with Crippen LogP contribution in [0.3, 0.4) is 0 Å². The summed E-state index contributed by atoms with van der Waals surface area (Å²) in [6, 6.07) is 4.20. The highest BCUT2D eigenvalue weighted by Gasteiger charge is 2.31. The lowest BCUT2D eigenvalue weighted by molar-refractivity contribution is -0.137. The molecule has 4 rings (SSSR count). The molecule has 0 bridgehead atoms. The lowest BCUT2D eigenvalue weighted by atomic mass is 9.92. The van der Waals surface area contributed by atoms with Crippen molar-refractivity contribution < 1.29 is 30.8 Å². The Kier molecular flexibility index (Phi) is 7.37. The summed E-state index contributed by atoms with van der Waals surface area (Å²) in [6.07, 6.45) is -1.51. The Morgan fingerprint density at radius 2 is 1.86 bits per heavy atom. The van der Waals surface area contributed by atoms with Gasteiger partial charge in [0.25, 0.3) is 10.0 Å². The molecule has 7 nitrogen and oxygen atoms in total. The number of rotatable bonds is 5. The number of alkyl halides is 3. The van der Waals surface area contributed by atoms with Gasteiger partial charge in [0, 0.05) is 5.57 Å². The van der Waals surface area contributed by atoms with Crippen molar-refractivity contribution in [3.8, 4) is 5.69 Å². The summed E-state index contributed by atoms with van der Waals surface area (Å²) in [5.74, 6) is -0.737. The van der Waals surface area contributed by atoms with E-state index < -0.39 is 40.2 Å². The maximum absolute atomic E-state index is 15.2. The third-order valence-corrected chi connectivity index (χ3v) is 8.96. The van der Waals surface area contributed by atoms with E-state index in [9.17, 15) is 26.4 Å². The summed E-state index contributed by atoms with van der Waals surface area (Å²) >= 11 is 12.2. The van der Waals surface area contributed by atoms with Crippen LogP contribution in [0.5, 0.6) is 0 Å². The number of halogens is 6. The first-order valence-corrected chi connectivity index (χ1v) is 13.3. The molecule has 15 heteroatoms. The summed E-state index contributed by atoms with van der Waals surface area (Å²) < 4.78 is 81.4. The molecule has 1 aliphatic carbocycles. The molecule has 0 spiro atoms. The van der Waals surface area contributed by atoms with Crippen molar-refractivity contribution >= 4 is 56.2 Å². The third kappa shape index (κ3) is 5.53. The van der Waals surface area contributed by atoms with E-state index in [0.717, 1.165) is 18.2 Å². The van der Waals surface area contributed by atoms with Gasteiger partial charge in [-0.1, -0.05) is 23.2 Å². The molecular weight excluding hydrogens is 567 g/mol. The van der Waals surface area contributed by atoms with Crippen molar-refractivity contribution in [1.29, 1.82) is 0 Å². The Labute approximate surface area is 216 Å². The number of hydrogen-bond donors (Lipinski definition) is 2. The molecule has 0 saturated heterocycles. The summed E-state index contributed by atoms with van der Waals surface area (Å²) in [5.41, 5.74) is 0.780. The second-order valence-corrected chi connectivity index (χ2v) is 11.7. The Morgan fingerprint density at radius 3 is 2.47 bits per heavy atom. The quantitative estimate of drug-likeness (QED) is 0.363. The van der Waals surface area contributed by atoms with E-state index in [1.165, 1.54) is 23.0 Å². The Morgan fingerprint density at radius 1 is 1.17 bits per heavy atom. The smallest absolute Gasteiger partial charge is 0.331 e. The van der Waals surface area contributed by atoms with Crippen LogP contribution < -0.4 is 10.0 Å². The van der Waals surface area contributed by atoms with Gasteiger partial charge in [0.2, 0.25) is 0 Å². The van der Waals surface area contributed by atoms with Crippen molar-refractivity contribution in [3.63, 3.8) is 0 Å². The predicted octanol–water partition coefficient (Wildman–Crippen LogP) is 5.96. The van der Waals surface area contributed by atoms with Crippen molar-refractivity contribution in [1.82, 2.24) is 19.8 Å². The lowest BCUT2D eigenvalue weighted by Gasteiger charge is -2.19. The molecule has 2 aromatic heterocycles. The van der Waals surface area contributed by atoms with Crippen LogP contribution in [0, 0.1) is 0 Å². The van der Waals surface area contributed by atoms with Crippen LogP contribution in [0.1, 0.15) is 29.7 Å². The molecule has 0 radical (unpaired) electrons. The van der Waals surface area contributed by atoms with Crippen molar-refractivity contribution in [2.45, 2.75) is 29.6 Å². The van der Waals surface area contributed by atoms with Crippen LogP contribution in [0.25, 0.3) is 11.3 Å². The van der Waals surface area contributed by atoms with Crippen LogP contribution >= 0.6 is 34.5 Å². The fourth-order valence-corrected chi connectivity index (χ4v) is 6.45. The van der Waals surface area contributed by atoms with Gasteiger partial charge in [0.15, 0.2) is 0 Å². The fourth-order valence-electron chi connectivity index (χ4n) is 3.64. The molecule has 0 unspecified atom stereocenters. The predicted molar refractivity (Wildman–Crippen MR) is 128 cm³/mol. The van der Waals surface area contributed by atoms with Crippen LogP contribution in [-0.2, 0) is 22.6 Å². The van der Waals surface area contributed by atoms with Crippen molar-refractivity contribution in [3.05, 3.63) is 68.5 Å². The van der Waals surface area contributed by atoms with Crippen LogP contribution in [0.15, 0.2) is 46.6 Å². The molecule has 0 aliphatic heterocycles. The van der Waals surface area contributed by atoms with Gasteiger partial charge >= 0.3 is 12.2 Å². The Bertz CT molecular complexity index is 1430. The molecule has 2 heterocycles. The summed E-state index contributed by atoms with van der Waals surface area (Å²) in [6.45, 7) is -0.625. The monoisotopic (exact) mass is 582 g/mol. The number of sulfonamides is 1. The van der Waals surface area contributed by atoms with Crippen LogP contribution in [0.2, 0.25) is 9.36 Å². The SMILES string of the molecule is O=C(NC/C(F)=C1\CCCc2cnn(-c3ccc(C(F)(F)F)cc3)c21)NS(=O)(=O)c1cc(Cl)c(Cl)s1. The third-order valence-electron chi connectivity index (χ3n) is 5.29. The van der Waals surface area contributed by atoms with E-state index in [0.29, 0.717) is 47.5 Å². The zero-order chi connectivity index (χ0) is 26.3. The summed E-state index contributed by atoms with van der Waals surface area (Å²) in [5, 5.41) is 6.38. The van der Waals surface area contributed by atoms with E-state index in [-0.39, 0.29) is 19.1 Å². The average molecular weight is 583 g/mol. The van der Waals surface area contributed by atoms with E-state index in [1.54, 1.807) is 4.72 Å². The maximum Gasteiger partial charge on any atom is 0.416 e. The number of thiophene rings is 1. The molecule has 0 atom stereocenters. The number of benzene rings is 1. The van der Waals surface area contributed by atoms with Gasteiger partial charge in [-0.3, -0.25) is 0 Å². The molecule has 0 fully saturated rings. The lowest BCUT2D eigenvalue weighted by Crippen LogP contribution is -2.39. The number of fused-ring (bicyclic) bond motifs is 1. The number of allylic oxidation sites excluding steroid dienone is 1. The first-order chi connectivity index (χ1) is 16.9. The van der Waals surface area contributed by atoms with E-state index >= 15 is 4.39 Å². The summed E-state index contributed by atoms with van der Waals surface area (Å²) in [7, 11) is -4.28. The van der Waals surface area contributed by atoms with Crippen LogP contribution in [0.4, 0.5) is 22.4 Å². The normalized spacial score (nSPS) is 15.4. The Hall–Kier alpha value is -2.61. The minimum absolute atomic E-state index is 0.0102. The van der Waals surface area contributed by atoms with Gasteiger partial charge in [-0.25, -0.2) is 27.0 Å². The van der Waals surface area contributed by atoms with Gasteiger partial charge in [-0.15, -0.1) is 11.3 Å². The number of carbonyl (C=O) groups is 1. The number of urea groups is 1. The van der Waals surface area contributed by atoms with Crippen molar-refractivity contribution in [2.24, 2.45) is 0 Å². The Balaban J connectivity index is 1.53. The second kappa shape index (κ2) is 10.0. The van der Waals surface area contributed by atoms with Gasteiger partial charge in [-0.05, 0) is 55.2 Å². The first kappa shape index (κ1) is 26.5. The molecule has 36 heavy (non-hydrogen) atoms. The van der Waals surface area contributed by atoms with E-state index in [1.807, 2.05) is 0 Å². The summed E-state index contributed by atoms with van der Waals surface area (Å²) in [4.78, 5) is 12.1. The zero-order valence-corrected chi connectivity index (χ0v) is 21.1. The molecule has 2 amide bonds. The zero-order valence-electron chi connectivity index (χ0n) is 18.0. The number of nitrogens with zero attached hydrogens (tertiary/aromatic N) is 2.